The molecule has 1 aromatic rings. The Morgan fingerprint density at radius 3 is 2.78 bits per heavy atom. The Morgan fingerprint density at radius 1 is 1.56 bits per heavy atom. The normalized spacial score (nSPS) is 28.3. The van der Waals surface area contributed by atoms with E-state index in [0.717, 1.165) is 24.9 Å². The minimum atomic E-state index is -1.10. The van der Waals surface area contributed by atoms with Gasteiger partial charge in [-0.05, 0) is 44.1 Å². The van der Waals surface area contributed by atoms with Crippen LogP contribution in [-0.4, -0.2) is 26.3 Å². The summed E-state index contributed by atoms with van der Waals surface area (Å²) >= 11 is 0. The van der Waals surface area contributed by atoms with Crippen LogP contribution in [0, 0.1) is 5.92 Å². The zero-order chi connectivity index (χ0) is 13.2. The Balaban J connectivity index is 1.98. The van der Waals surface area contributed by atoms with E-state index in [1.807, 2.05) is 13.1 Å². The molecule has 0 amide bonds. The molecule has 0 spiro atoms. The molecule has 4 heteroatoms. The molecule has 1 aliphatic rings. The molecule has 1 aromatic heterocycles. The number of carbonyl (C=O) groups excluding carboxylic acids is 1. The van der Waals surface area contributed by atoms with Gasteiger partial charge in [0.15, 0.2) is 5.78 Å². The fraction of sp³-hybridized carbons (Fsp3) is 0.714. The lowest BCUT2D eigenvalue weighted by Gasteiger charge is -2.33. The Hall–Kier alpha value is -1.16. The van der Waals surface area contributed by atoms with Crippen LogP contribution in [0.1, 0.15) is 45.1 Å². The largest absolute Gasteiger partial charge is 0.382 e. The minimum absolute atomic E-state index is 0.0509. The van der Waals surface area contributed by atoms with Crippen LogP contribution in [0.5, 0.6) is 0 Å². The molecule has 0 aliphatic heterocycles. The van der Waals surface area contributed by atoms with Crippen molar-refractivity contribution < 1.29 is 9.90 Å². The fourth-order valence-corrected chi connectivity index (χ4v) is 2.54. The molecule has 1 N–H and O–H groups in total. The first kappa shape index (κ1) is 13.3. The molecule has 2 rings (SSSR count). The van der Waals surface area contributed by atoms with Crippen LogP contribution in [-0.2, 0) is 17.8 Å². The molecule has 4 nitrogen and oxygen atoms in total. The van der Waals surface area contributed by atoms with Gasteiger partial charge in [0.05, 0.1) is 6.20 Å². The molecule has 1 saturated carbocycles. The van der Waals surface area contributed by atoms with E-state index in [1.54, 1.807) is 10.9 Å². The van der Waals surface area contributed by atoms with E-state index in [-0.39, 0.29) is 5.78 Å². The van der Waals surface area contributed by atoms with Gasteiger partial charge in [-0.2, -0.15) is 5.10 Å². The first-order chi connectivity index (χ1) is 8.53. The van der Waals surface area contributed by atoms with Gasteiger partial charge in [-0.3, -0.25) is 9.48 Å². The number of aliphatic hydroxyl groups is 1. The minimum Gasteiger partial charge on any atom is -0.382 e. The lowest BCUT2D eigenvalue weighted by atomic mass is 9.76. The van der Waals surface area contributed by atoms with Crippen LogP contribution in [0.2, 0.25) is 0 Å². The van der Waals surface area contributed by atoms with Gasteiger partial charge < -0.3 is 5.11 Å². The van der Waals surface area contributed by atoms with Crippen molar-refractivity contribution in [3.8, 4) is 0 Å². The van der Waals surface area contributed by atoms with Crippen LogP contribution >= 0.6 is 0 Å². The molecule has 1 fully saturated rings. The van der Waals surface area contributed by atoms with Gasteiger partial charge in [-0.25, -0.2) is 0 Å². The van der Waals surface area contributed by atoms with Crippen molar-refractivity contribution in [1.29, 1.82) is 0 Å². The topological polar surface area (TPSA) is 55.1 Å². The standard InChI is InChI=1S/C14H22N2O2/c1-3-16-10-12(9-15-16)8-13(17)14(18)6-4-11(2)5-7-14/h9-11,18H,3-8H2,1-2H3. The number of hydrogen-bond acceptors (Lipinski definition) is 3. The lowest BCUT2D eigenvalue weighted by molar-refractivity contribution is -0.140. The zero-order valence-electron chi connectivity index (χ0n) is 11.2. The summed E-state index contributed by atoms with van der Waals surface area (Å²) in [6.45, 7) is 4.99. The highest BCUT2D eigenvalue weighted by Crippen LogP contribution is 2.33. The molecule has 0 unspecified atom stereocenters. The van der Waals surface area contributed by atoms with Crippen LogP contribution in [0.15, 0.2) is 12.4 Å². The van der Waals surface area contributed by atoms with Crippen molar-refractivity contribution >= 4 is 5.78 Å². The van der Waals surface area contributed by atoms with Gasteiger partial charge in [0.25, 0.3) is 0 Å². The molecule has 0 aromatic carbocycles. The van der Waals surface area contributed by atoms with Crippen LogP contribution in [0.4, 0.5) is 0 Å². The molecular formula is C14H22N2O2. The Kier molecular flexibility index (Phi) is 3.85. The van der Waals surface area contributed by atoms with Crippen molar-refractivity contribution in [2.75, 3.05) is 0 Å². The lowest BCUT2D eigenvalue weighted by Crippen LogP contribution is -2.42. The highest BCUT2D eigenvalue weighted by Gasteiger charge is 2.38. The summed E-state index contributed by atoms with van der Waals surface area (Å²) in [5.74, 6) is 0.575. The monoisotopic (exact) mass is 250 g/mol. The highest BCUT2D eigenvalue weighted by atomic mass is 16.3. The summed E-state index contributed by atoms with van der Waals surface area (Å²) in [5.41, 5.74) is -0.199. The summed E-state index contributed by atoms with van der Waals surface area (Å²) in [7, 11) is 0. The zero-order valence-corrected chi connectivity index (χ0v) is 11.2. The van der Waals surface area contributed by atoms with Gasteiger partial charge in [-0.1, -0.05) is 6.92 Å². The molecule has 100 valence electrons. The van der Waals surface area contributed by atoms with Crippen molar-refractivity contribution in [3.05, 3.63) is 18.0 Å². The van der Waals surface area contributed by atoms with E-state index >= 15 is 0 Å². The van der Waals surface area contributed by atoms with Crippen molar-refractivity contribution in [3.63, 3.8) is 0 Å². The molecule has 0 radical (unpaired) electrons. The molecular weight excluding hydrogens is 228 g/mol. The van der Waals surface area contributed by atoms with Crippen molar-refractivity contribution in [2.45, 2.75) is 58.1 Å². The van der Waals surface area contributed by atoms with E-state index in [2.05, 4.69) is 12.0 Å². The number of ketones is 1. The van der Waals surface area contributed by atoms with E-state index < -0.39 is 5.60 Å². The van der Waals surface area contributed by atoms with Crippen molar-refractivity contribution in [2.24, 2.45) is 5.92 Å². The van der Waals surface area contributed by atoms with E-state index in [0.29, 0.717) is 25.2 Å². The summed E-state index contributed by atoms with van der Waals surface area (Å²) in [6.07, 6.45) is 6.99. The van der Waals surface area contributed by atoms with Gasteiger partial charge in [0.2, 0.25) is 0 Å². The molecule has 1 heterocycles. The second-order valence-electron chi connectivity index (χ2n) is 5.52. The first-order valence-corrected chi connectivity index (χ1v) is 6.80. The highest BCUT2D eigenvalue weighted by molar-refractivity contribution is 5.88. The predicted molar refractivity (Wildman–Crippen MR) is 69.2 cm³/mol. The van der Waals surface area contributed by atoms with Gasteiger partial charge >= 0.3 is 0 Å². The molecule has 0 atom stereocenters. The maximum atomic E-state index is 12.2. The number of aromatic nitrogens is 2. The third-order valence-corrected chi connectivity index (χ3v) is 4.00. The van der Waals surface area contributed by atoms with Gasteiger partial charge in [0, 0.05) is 19.2 Å². The second-order valence-corrected chi connectivity index (χ2v) is 5.52. The third kappa shape index (κ3) is 2.80. The fourth-order valence-electron chi connectivity index (χ4n) is 2.54. The summed E-state index contributed by atoms with van der Waals surface area (Å²) in [4.78, 5) is 12.2. The SMILES string of the molecule is CCn1cc(CC(=O)C2(O)CCC(C)CC2)cn1. The summed E-state index contributed by atoms with van der Waals surface area (Å²) in [6, 6.07) is 0. The van der Waals surface area contributed by atoms with Gasteiger partial charge in [-0.15, -0.1) is 0 Å². The Bertz CT molecular complexity index is 417. The number of carbonyl (C=O) groups is 1. The number of Topliss-reactive ketones (excluding diaryl/α,β-unsaturated/α-hetero) is 1. The molecule has 1 aliphatic carbocycles. The average molecular weight is 250 g/mol. The molecule has 0 saturated heterocycles. The van der Waals surface area contributed by atoms with Gasteiger partial charge in [0.1, 0.15) is 5.60 Å². The first-order valence-electron chi connectivity index (χ1n) is 6.80. The third-order valence-electron chi connectivity index (χ3n) is 4.00. The Morgan fingerprint density at radius 2 is 2.22 bits per heavy atom. The van der Waals surface area contributed by atoms with E-state index in [4.69, 9.17) is 0 Å². The number of aryl methyl sites for hydroxylation is 1. The number of rotatable bonds is 4. The Labute approximate surface area is 108 Å². The molecule has 0 bridgehead atoms. The summed E-state index contributed by atoms with van der Waals surface area (Å²) < 4.78 is 1.80. The number of hydrogen-bond donors (Lipinski definition) is 1. The quantitative estimate of drug-likeness (QED) is 0.888. The number of nitrogens with zero attached hydrogens (tertiary/aromatic N) is 2. The smallest absolute Gasteiger partial charge is 0.168 e. The van der Waals surface area contributed by atoms with Crippen LogP contribution in [0.25, 0.3) is 0 Å². The van der Waals surface area contributed by atoms with E-state index in [9.17, 15) is 9.90 Å². The van der Waals surface area contributed by atoms with E-state index in [1.165, 1.54) is 0 Å². The van der Waals surface area contributed by atoms with Crippen LogP contribution in [0.3, 0.4) is 0 Å². The average Bonchev–Trinajstić information content (AvgIpc) is 2.81. The van der Waals surface area contributed by atoms with Crippen LogP contribution < -0.4 is 0 Å². The second kappa shape index (κ2) is 5.22. The maximum absolute atomic E-state index is 12.2. The maximum Gasteiger partial charge on any atom is 0.168 e. The predicted octanol–water partition coefficient (Wildman–Crippen LogP) is 1.96. The van der Waals surface area contributed by atoms with Crippen molar-refractivity contribution in [1.82, 2.24) is 9.78 Å². The summed E-state index contributed by atoms with van der Waals surface area (Å²) in [5, 5.41) is 14.6. The molecule has 18 heavy (non-hydrogen) atoms.